The number of sulfonamides is 1. The first-order valence-electron chi connectivity index (χ1n) is 12.4. The number of H-pyrrole nitrogens is 1. The van der Waals surface area contributed by atoms with Crippen LogP contribution < -0.4 is 16.1 Å². The standard InChI is InChI=1S/C25H27N7O5S/c33-24-20-18(2-1-3-19(20)27-25(34)30-31-12-14-37-15-13-31)23-21(24)22(28-29-23)16-4-6-17(7-5-16)38(35,36)32-10-8-26-9-11-32/h1-7,26H,8-15H2,(H,28,29)(H2,27,30,34). The van der Waals surface area contributed by atoms with Crippen LogP contribution in [0.4, 0.5) is 10.5 Å². The molecule has 2 fully saturated rings. The second kappa shape index (κ2) is 9.93. The average molecular weight is 538 g/mol. The van der Waals surface area contributed by atoms with Gasteiger partial charge in [0.25, 0.3) is 0 Å². The number of ether oxygens (including phenoxy) is 1. The number of carbonyl (C=O) groups is 2. The lowest BCUT2D eigenvalue weighted by molar-refractivity contribution is 0.0207. The molecule has 3 aromatic rings. The number of morpholine rings is 1. The number of aromatic nitrogens is 2. The van der Waals surface area contributed by atoms with E-state index in [0.29, 0.717) is 91.8 Å². The number of hydrazine groups is 1. The lowest BCUT2D eigenvalue weighted by Crippen LogP contribution is -2.49. The Balaban J connectivity index is 1.24. The predicted molar refractivity (Wildman–Crippen MR) is 139 cm³/mol. The molecule has 38 heavy (non-hydrogen) atoms. The molecule has 0 saturated carbocycles. The lowest BCUT2D eigenvalue weighted by atomic mass is 10.0. The van der Waals surface area contributed by atoms with Crippen molar-refractivity contribution < 1.29 is 22.7 Å². The third-order valence-corrected chi connectivity index (χ3v) is 8.83. The van der Waals surface area contributed by atoms with Gasteiger partial charge in [0.1, 0.15) is 5.69 Å². The van der Waals surface area contributed by atoms with Crippen LogP contribution >= 0.6 is 0 Å². The second-order valence-corrected chi connectivity index (χ2v) is 11.2. The third kappa shape index (κ3) is 4.37. The summed E-state index contributed by atoms with van der Waals surface area (Å²) in [5, 5.41) is 15.0. The number of anilines is 1. The number of nitrogens with one attached hydrogen (secondary N) is 4. The predicted octanol–water partition coefficient (Wildman–Crippen LogP) is 1.25. The van der Waals surface area contributed by atoms with Crippen LogP contribution in [-0.2, 0) is 14.8 Å². The summed E-state index contributed by atoms with van der Waals surface area (Å²) >= 11 is 0. The molecule has 2 aromatic carbocycles. The second-order valence-electron chi connectivity index (χ2n) is 9.22. The van der Waals surface area contributed by atoms with Crippen LogP contribution in [0, 0.1) is 0 Å². The number of fused-ring (bicyclic) bond motifs is 3. The van der Waals surface area contributed by atoms with Gasteiger partial charge in [0.15, 0.2) is 5.78 Å². The molecule has 4 N–H and O–H groups in total. The number of carbonyl (C=O) groups excluding carboxylic acids is 2. The van der Waals surface area contributed by atoms with Gasteiger partial charge in [0, 0.05) is 50.4 Å². The molecule has 0 atom stereocenters. The van der Waals surface area contributed by atoms with Crippen molar-refractivity contribution in [1.29, 1.82) is 0 Å². The number of piperazine rings is 1. The average Bonchev–Trinajstić information content (AvgIpc) is 3.50. The summed E-state index contributed by atoms with van der Waals surface area (Å²) in [6.07, 6.45) is 0. The first-order valence-corrected chi connectivity index (χ1v) is 13.9. The summed E-state index contributed by atoms with van der Waals surface area (Å²) in [7, 11) is -3.60. The Hall–Kier alpha value is -3.62. The van der Waals surface area contributed by atoms with Crippen molar-refractivity contribution in [1.82, 2.24) is 30.3 Å². The summed E-state index contributed by atoms with van der Waals surface area (Å²) in [4.78, 5) is 26.4. The maximum Gasteiger partial charge on any atom is 0.333 e. The molecule has 6 rings (SSSR count). The number of nitrogens with zero attached hydrogens (tertiary/aromatic N) is 3. The van der Waals surface area contributed by atoms with Gasteiger partial charge in [0.2, 0.25) is 10.0 Å². The van der Waals surface area contributed by atoms with Crippen LogP contribution in [0.2, 0.25) is 0 Å². The van der Waals surface area contributed by atoms with Gasteiger partial charge in [0.05, 0.1) is 40.6 Å². The Bertz CT molecular complexity index is 1490. The molecule has 2 amide bonds. The van der Waals surface area contributed by atoms with Crippen molar-refractivity contribution in [2.75, 3.05) is 57.8 Å². The van der Waals surface area contributed by atoms with E-state index in [2.05, 4.69) is 26.3 Å². The van der Waals surface area contributed by atoms with Crippen LogP contribution in [-0.4, -0.2) is 92.2 Å². The lowest BCUT2D eigenvalue weighted by Gasteiger charge is -2.27. The number of hydrogen-bond donors (Lipinski definition) is 4. The van der Waals surface area contributed by atoms with Crippen molar-refractivity contribution in [3.8, 4) is 22.5 Å². The number of hydrogen-bond acceptors (Lipinski definition) is 8. The van der Waals surface area contributed by atoms with E-state index in [4.69, 9.17) is 4.74 Å². The normalized spacial score (nSPS) is 18.2. The zero-order valence-electron chi connectivity index (χ0n) is 20.5. The van der Waals surface area contributed by atoms with Gasteiger partial charge in [-0.2, -0.15) is 9.40 Å². The fraction of sp³-hybridized carbons (Fsp3) is 0.320. The van der Waals surface area contributed by atoms with Gasteiger partial charge in [-0.25, -0.2) is 18.2 Å². The number of benzene rings is 2. The minimum Gasteiger partial charge on any atom is -0.379 e. The minimum atomic E-state index is -3.60. The van der Waals surface area contributed by atoms with Gasteiger partial charge in [-0.3, -0.25) is 15.3 Å². The summed E-state index contributed by atoms with van der Waals surface area (Å²) in [5.41, 5.74) is 6.20. The zero-order chi connectivity index (χ0) is 26.3. The van der Waals surface area contributed by atoms with E-state index in [-0.39, 0.29) is 10.7 Å². The number of ketones is 1. The van der Waals surface area contributed by atoms with E-state index >= 15 is 0 Å². The number of aromatic amines is 1. The molecule has 0 bridgehead atoms. The monoisotopic (exact) mass is 537 g/mol. The molecule has 3 aliphatic rings. The van der Waals surface area contributed by atoms with Crippen LogP contribution in [0.25, 0.3) is 22.5 Å². The summed E-state index contributed by atoms with van der Waals surface area (Å²) in [6, 6.07) is 11.2. The third-order valence-electron chi connectivity index (χ3n) is 6.91. The fourth-order valence-corrected chi connectivity index (χ4v) is 6.43. The zero-order valence-corrected chi connectivity index (χ0v) is 21.3. The summed E-state index contributed by atoms with van der Waals surface area (Å²) in [5.74, 6) is -0.265. The minimum absolute atomic E-state index is 0.197. The molecule has 13 heteroatoms. The number of rotatable bonds is 5. The van der Waals surface area contributed by atoms with E-state index in [1.54, 1.807) is 47.5 Å². The smallest absolute Gasteiger partial charge is 0.333 e. The quantitative estimate of drug-likeness (QED) is 0.297. The van der Waals surface area contributed by atoms with Crippen molar-refractivity contribution >= 4 is 27.5 Å². The topological polar surface area (TPSA) is 149 Å². The Kier molecular flexibility index (Phi) is 6.45. The summed E-state index contributed by atoms with van der Waals surface area (Å²) < 4.78 is 32.8. The highest BCUT2D eigenvalue weighted by Crippen LogP contribution is 2.43. The van der Waals surface area contributed by atoms with Gasteiger partial charge in [-0.15, -0.1) is 0 Å². The van der Waals surface area contributed by atoms with Crippen LogP contribution in [0.15, 0.2) is 47.4 Å². The summed E-state index contributed by atoms with van der Waals surface area (Å²) in [6.45, 7) is 4.30. The van der Waals surface area contributed by atoms with E-state index in [9.17, 15) is 18.0 Å². The van der Waals surface area contributed by atoms with E-state index in [1.165, 1.54) is 4.31 Å². The Labute approximate surface area is 219 Å². The Morgan fingerprint density at radius 2 is 1.71 bits per heavy atom. The SMILES string of the molecule is O=C(Nc1cccc2c1C(=O)c1c(-c3ccc(S(=O)(=O)N4CCNCC4)cc3)n[nH]c1-2)NN1CCOCC1. The fourth-order valence-electron chi connectivity index (χ4n) is 4.99. The molecular formula is C25H27N7O5S. The molecule has 198 valence electrons. The Morgan fingerprint density at radius 3 is 2.45 bits per heavy atom. The molecule has 2 aliphatic heterocycles. The van der Waals surface area contributed by atoms with Crippen molar-refractivity contribution in [2.45, 2.75) is 4.90 Å². The van der Waals surface area contributed by atoms with Crippen LogP contribution in [0.3, 0.4) is 0 Å². The highest BCUT2D eigenvalue weighted by atomic mass is 32.2. The highest BCUT2D eigenvalue weighted by Gasteiger charge is 2.35. The number of urea groups is 1. The number of amides is 2. The van der Waals surface area contributed by atoms with Crippen LogP contribution in [0.5, 0.6) is 0 Å². The van der Waals surface area contributed by atoms with E-state index < -0.39 is 16.1 Å². The molecule has 1 aliphatic carbocycles. The van der Waals surface area contributed by atoms with E-state index in [0.717, 1.165) is 0 Å². The molecule has 3 heterocycles. The van der Waals surface area contributed by atoms with Crippen molar-refractivity contribution in [3.63, 3.8) is 0 Å². The molecule has 0 unspecified atom stereocenters. The molecular weight excluding hydrogens is 510 g/mol. The van der Waals surface area contributed by atoms with Crippen molar-refractivity contribution in [3.05, 3.63) is 53.6 Å². The van der Waals surface area contributed by atoms with Crippen molar-refractivity contribution in [2.24, 2.45) is 0 Å². The van der Waals surface area contributed by atoms with Crippen LogP contribution in [0.1, 0.15) is 15.9 Å². The molecule has 0 radical (unpaired) electrons. The van der Waals surface area contributed by atoms with E-state index in [1.807, 2.05) is 0 Å². The molecule has 2 saturated heterocycles. The highest BCUT2D eigenvalue weighted by molar-refractivity contribution is 7.89. The molecule has 1 aromatic heterocycles. The molecule has 0 spiro atoms. The largest absolute Gasteiger partial charge is 0.379 e. The maximum absolute atomic E-state index is 13.6. The first kappa shape index (κ1) is 24.7. The first-order chi connectivity index (χ1) is 18.4. The maximum atomic E-state index is 13.6. The van der Waals surface area contributed by atoms with Gasteiger partial charge in [-0.05, 0) is 18.2 Å². The Morgan fingerprint density at radius 1 is 0.974 bits per heavy atom. The molecule has 12 nitrogen and oxygen atoms in total. The van der Waals surface area contributed by atoms with Gasteiger partial charge in [-0.1, -0.05) is 24.3 Å². The van der Waals surface area contributed by atoms with Gasteiger partial charge < -0.3 is 15.4 Å². The van der Waals surface area contributed by atoms with Gasteiger partial charge >= 0.3 is 6.03 Å².